The lowest BCUT2D eigenvalue weighted by Crippen LogP contribution is -2.43. The number of ether oxygens (including phenoxy) is 1. The lowest BCUT2D eigenvalue weighted by atomic mass is 9.84. The number of hydrogen-bond donors (Lipinski definition) is 2. The zero-order chi connectivity index (χ0) is 15.0. The fraction of sp³-hybridized carbons (Fsp3) is 0.562. The van der Waals surface area contributed by atoms with Crippen molar-refractivity contribution in [1.82, 2.24) is 5.32 Å². The van der Waals surface area contributed by atoms with Gasteiger partial charge in [0.1, 0.15) is 11.6 Å². The van der Waals surface area contributed by atoms with Crippen molar-refractivity contribution in [3.05, 3.63) is 29.6 Å². The van der Waals surface area contributed by atoms with E-state index in [0.717, 1.165) is 19.3 Å². The van der Waals surface area contributed by atoms with Gasteiger partial charge in [0.05, 0.1) is 13.0 Å². The molecule has 0 radical (unpaired) electrons. The minimum atomic E-state index is -0.727. The number of methoxy groups -OCH3 is 1. The molecule has 2 fully saturated rings. The van der Waals surface area contributed by atoms with E-state index in [1.165, 1.54) is 13.2 Å². The lowest BCUT2D eigenvalue weighted by Gasteiger charge is -2.29. The van der Waals surface area contributed by atoms with Crippen molar-refractivity contribution in [2.45, 2.75) is 31.8 Å². The minimum Gasteiger partial charge on any atom is -0.497 e. The second-order valence-electron chi connectivity index (χ2n) is 6.06. The van der Waals surface area contributed by atoms with Gasteiger partial charge >= 0.3 is 5.97 Å². The van der Waals surface area contributed by atoms with Crippen LogP contribution in [-0.2, 0) is 11.3 Å². The molecule has 0 aliphatic heterocycles. The first-order chi connectivity index (χ1) is 10.1. The Bertz CT molecular complexity index is 548. The molecule has 21 heavy (non-hydrogen) atoms. The van der Waals surface area contributed by atoms with Crippen molar-refractivity contribution in [3.63, 3.8) is 0 Å². The van der Waals surface area contributed by atoms with Crippen LogP contribution < -0.4 is 10.1 Å². The van der Waals surface area contributed by atoms with Gasteiger partial charge in [0.25, 0.3) is 0 Å². The van der Waals surface area contributed by atoms with Crippen molar-refractivity contribution in [1.29, 1.82) is 0 Å². The van der Waals surface area contributed by atoms with Gasteiger partial charge in [-0.25, -0.2) is 4.39 Å². The third-order valence-corrected chi connectivity index (χ3v) is 4.99. The number of nitrogens with one attached hydrogen (secondary N) is 1. The van der Waals surface area contributed by atoms with Crippen molar-refractivity contribution in [3.8, 4) is 5.75 Å². The quantitative estimate of drug-likeness (QED) is 0.875. The summed E-state index contributed by atoms with van der Waals surface area (Å²) in [5, 5.41) is 12.7. The molecular formula is C16H20FNO3. The standard InChI is InChI=1S/C16H20FNO3/c1-21-12-5-4-11(13(17)7-12)8-18-15-10-3-2-9(6-10)14(15)16(19)20/h4-5,7,9-10,14-15,18H,2-3,6,8H2,1H3,(H,19,20). The first-order valence-electron chi connectivity index (χ1n) is 7.38. The van der Waals surface area contributed by atoms with E-state index < -0.39 is 5.97 Å². The molecule has 3 rings (SSSR count). The summed E-state index contributed by atoms with van der Waals surface area (Å²) in [4.78, 5) is 11.4. The van der Waals surface area contributed by atoms with Gasteiger partial charge in [-0.1, -0.05) is 6.07 Å². The van der Waals surface area contributed by atoms with Crippen molar-refractivity contribution < 1.29 is 19.0 Å². The highest BCUT2D eigenvalue weighted by atomic mass is 19.1. The number of carboxylic acids is 1. The Balaban J connectivity index is 1.68. The molecule has 4 unspecified atom stereocenters. The van der Waals surface area contributed by atoms with E-state index in [-0.39, 0.29) is 23.7 Å². The van der Waals surface area contributed by atoms with Crippen LogP contribution in [0.15, 0.2) is 18.2 Å². The van der Waals surface area contributed by atoms with E-state index in [2.05, 4.69) is 5.32 Å². The SMILES string of the molecule is COc1ccc(CNC2C3CCC(C3)C2C(=O)O)c(F)c1. The third-order valence-electron chi connectivity index (χ3n) is 4.99. The van der Waals surface area contributed by atoms with Crippen LogP contribution in [0.2, 0.25) is 0 Å². The number of rotatable bonds is 5. The van der Waals surface area contributed by atoms with Gasteiger partial charge in [0.15, 0.2) is 0 Å². The molecule has 0 spiro atoms. The Hall–Kier alpha value is -1.62. The van der Waals surface area contributed by atoms with E-state index >= 15 is 0 Å². The zero-order valence-electron chi connectivity index (χ0n) is 12.0. The Morgan fingerprint density at radius 3 is 2.86 bits per heavy atom. The largest absolute Gasteiger partial charge is 0.497 e. The molecule has 4 nitrogen and oxygen atoms in total. The fourth-order valence-corrected chi connectivity index (χ4v) is 3.97. The van der Waals surface area contributed by atoms with Crippen LogP contribution in [0.1, 0.15) is 24.8 Å². The Kier molecular flexibility index (Phi) is 3.85. The summed E-state index contributed by atoms with van der Waals surface area (Å²) in [6, 6.07) is 4.72. The van der Waals surface area contributed by atoms with Crippen molar-refractivity contribution in [2.75, 3.05) is 7.11 Å². The van der Waals surface area contributed by atoms with Crippen LogP contribution in [0.4, 0.5) is 4.39 Å². The van der Waals surface area contributed by atoms with Gasteiger partial charge in [-0.3, -0.25) is 4.79 Å². The lowest BCUT2D eigenvalue weighted by molar-refractivity contribution is -0.144. The molecule has 2 saturated carbocycles. The van der Waals surface area contributed by atoms with Gasteiger partial charge < -0.3 is 15.2 Å². The van der Waals surface area contributed by atoms with Crippen LogP contribution in [0.3, 0.4) is 0 Å². The maximum atomic E-state index is 13.9. The van der Waals surface area contributed by atoms with E-state index in [1.54, 1.807) is 12.1 Å². The molecular weight excluding hydrogens is 273 g/mol. The third kappa shape index (κ3) is 2.62. The predicted molar refractivity (Wildman–Crippen MR) is 75.5 cm³/mol. The van der Waals surface area contributed by atoms with Gasteiger partial charge in [0.2, 0.25) is 0 Å². The van der Waals surface area contributed by atoms with Crippen LogP contribution in [-0.4, -0.2) is 24.2 Å². The molecule has 2 N–H and O–H groups in total. The van der Waals surface area contributed by atoms with Gasteiger partial charge in [-0.2, -0.15) is 0 Å². The number of carbonyl (C=O) groups is 1. The summed E-state index contributed by atoms with van der Waals surface area (Å²) in [5.74, 6) is -0.195. The maximum absolute atomic E-state index is 13.9. The van der Waals surface area contributed by atoms with Gasteiger partial charge in [0, 0.05) is 24.2 Å². The summed E-state index contributed by atoms with van der Waals surface area (Å²) in [7, 11) is 1.50. The smallest absolute Gasteiger partial charge is 0.308 e. The first-order valence-corrected chi connectivity index (χ1v) is 7.38. The molecule has 2 aliphatic rings. The number of fused-ring (bicyclic) bond motifs is 2. The Labute approximate surface area is 123 Å². The van der Waals surface area contributed by atoms with Crippen LogP contribution >= 0.6 is 0 Å². The van der Waals surface area contributed by atoms with Gasteiger partial charge in [-0.15, -0.1) is 0 Å². The van der Waals surface area contributed by atoms with Gasteiger partial charge in [-0.05, 0) is 37.2 Å². The van der Waals surface area contributed by atoms with Crippen molar-refractivity contribution >= 4 is 5.97 Å². The average molecular weight is 293 g/mol. The predicted octanol–water partition coefficient (Wildman–Crippen LogP) is 2.42. The van der Waals surface area contributed by atoms with Crippen LogP contribution in [0.25, 0.3) is 0 Å². The molecule has 2 bridgehead atoms. The summed E-state index contributed by atoms with van der Waals surface area (Å²) >= 11 is 0. The van der Waals surface area contributed by atoms with Crippen LogP contribution in [0.5, 0.6) is 5.75 Å². The zero-order valence-corrected chi connectivity index (χ0v) is 12.0. The fourth-order valence-electron chi connectivity index (χ4n) is 3.97. The highest BCUT2D eigenvalue weighted by molar-refractivity contribution is 5.72. The first kappa shape index (κ1) is 14.3. The van der Waals surface area contributed by atoms with E-state index in [9.17, 15) is 14.3 Å². The molecule has 1 aromatic carbocycles. The minimum absolute atomic E-state index is 0.0391. The summed E-state index contributed by atoms with van der Waals surface area (Å²) in [5.41, 5.74) is 0.544. The summed E-state index contributed by atoms with van der Waals surface area (Å²) < 4.78 is 18.9. The van der Waals surface area contributed by atoms with E-state index in [1.807, 2.05) is 0 Å². The summed E-state index contributed by atoms with van der Waals surface area (Å²) in [6.45, 7) is 0.355. The molecule has 0 aromatic heterocycles. The molecule has 5 heteroatoms. The second-order valence-corrected chi connectivity index (χ2v) is 6.06. The van der Waals surface area contributed by atoms with Crippen LogP contribution in [0, 0.1) is 23.6 Å². The monoisotopic (exact) mass is 293 g/mol. The Morgan fingerprint density at radius 2 is 2.19 bits per heavy atom. The molecule has 0 heterocycles. The van der Waals surface area contributed by atoms with E-state index in [4.69, 9.17) is 4.74 Å². The Morgan fingerprint density at radius 1 is 1.43 bits per heavy atom. The van der Waals surface area contributed by atoms with Crippen molar-refractivity contribution in [2.24, 2.45) is 17.8 Å². The molecule has 4 atom stereocenters. The highest BCUT2D eigenvalue weighted by Gasteiger charge is 2.50. The number of carboxylic acid groups (broad SMARTS) is 1. The normalized spacial score (nSPS) is 30.6. The number of aliphatic carboxylic acids is 1. The number of benzene rings is 1. The average Bonchev–Trinajstić information content (AvgIpc) is 3.06. The second kappa shape index (κ2) is 5.64. The molecule has 0 amide bonds. The van der Waals surface area contributed by atoms with E-state index in [0.29, 0.717) is 23.8 Å². The maximum Gasteiger partial charge on any atom is 0.308 e. The molecule has 2 aliphatic carbocycles. The highest BCUT2D eigenvalue weighted by Crippen LogP contribution is 2.48. The number of halogens is 1. The number of hydrogen-bond acceptors (Lipinski definition) is 3. The topological polar surface area (TPSA) is 58.6 Å². The summed E-state index contributed by atoms with van der Waals surface area (Å²) in [6.07, 6.45) is 3.08. The molecule has 0 saturated heterocycles. The molecule has 1 aromatic rings. The molecule has 114 valence electrons.